The molecule has 0 fully saturated rings. The Bertz CT molecular complexity index is 1390. The smallest absolute Gasteiger partial charge is 0.240 e. The SMILES string of the molecule is O=S(=O)(NCC1=NN(c2ccc(Cl)cc2Cl)C(c2ccc(Cl)cc2)C1)c1ccc2c(c1)CNCC2. The second kappa shape index (κ2) is 10.1. The lowest BCUT2D eigenvalue weighted by molar-refractivity contribution is 0.585. The third-order valence-corrected chi connectivity index (χ3v) is 8.41. The zero-order valence-electron chi connectivity index (χ0n) is 18.6. The average Bonchev–Trinajstić information content (AvgIpc) is 3.27. The number of nitrogens with one attached hydrogen (secondary N) is 2. The molecule has 0 radical (unpaired) electrons. The van der Waals surface area contributed by atoms with Crippen LogP contribution in [0.3, 0.4) is 0 Å². The van der Waals surface area contributed by atoms with Crippen LogP contribution in [-0.2, 0) is 23.0 Å². The summed E-state index contributed by atoms with van der Waals surface area (Å²) in [5.41, 5.74) is 4.58. The highest BCUT2D eigenvalue weighted by Crippen LogP contribution is 2.39. The van der Waals surface area contributed by atoms with E-state index in [0.29, 0.717) is 39.4 Å². The zero-order valence-corrected chi connectivity index (χ0v) is 21.7. The largest absolute Gasteiger partial charge is 0.312 e. The molecule has 5 rings (SSSR count). The van der Waals surface area contributed by atoms with Gasteiger partial charge in [-0.3, -0.25) is 5.01 Å². The van der Waals surface area contributed by atoms with Gasteiger partial charge in [-0.25, -0.2) is 13.1 Å². The molecular formula is C25H23Cl3N4O2S. The minimum atomic E-state index is -3.70. The first kappa shape index (κ1) is 24.6. The standard InChI is InChI=1S/C25H23Cl3N4O2S/c26-19-4-1-17(2-5-19)25-13-21(31-32(25)24-8-6-20(27)12-23(24)28)15-30-35(33,34)22-7-3-16-9-10-29-14-18(16)11-22/h1-8,11-12,25,29-30H,9-10,13-15H2. The number of halogens is 3. The van der Waals surface area contributed by atoms with E-state index in [1.165, 1.54) is 5.56 Å². The Labute approximate surface area is 219 Å². The van der Waals surface area contributed by atoms with E-state index in [1.54, 1.807) is 24.3 Å². The molecule has 2 N–H and O–H groups in total. The van der Waals surface area contributed by atoms with Crippen molar-refractivity contribution in [3.05, 3.63) is 92.4 Å². The highest BCUT2D eigenvalue weighted by atomic mass is 35.5. The quantitative estimate of drug-likeness (QED) is 0.421. The molecule has 0 amide bonds. The lowest BCUT2D eigenvalue weighted by atomic mass is 10.0. The molecule has 35 heavy (non-hydrogen) atoms. The first-order chi connectivity index (χ1) is 16.8. The fraction of sp³-hybridized carbons (Fsp3) is 0.240. The van der Waals surface area contributed by atoms with E-state index < -0.39 is 10.0 Å². The summed E-state index contributed by atoms with van der Waals surface area (Å²) in [6.07, 6.45) is 1.42. The first-order valence-corrected chi connectivity index (χ1v) is 13.8. The van der Waals surface area contributed by atoms with Crippen molar-refractivity contribution in [3.8, 4) is 0 Å². The van der Waals surface area contributed by atoms with E-state index in [0.717, 1.165) is 24.1 Å². The van der Waals surface area contributed by atoms with Gasteiger partial charge >= 0.3 is 0 Å². The van der Waals surface area contributed by atoms with Gasteiger partial charge in [0.2, 0.25) is 10.0 Å². The number of benzene rings is 3. The number of nitrogens with zero attached hydrogens (tertiary/aromatic N) is 2. The van der Waals surface area contributed by atoms with E-state index in [9.17, 15) is 8.42 Å². The fourth-order valence-electron chi connectivity index (χ4n) is 4.40. The van der Waals surface area contributed by atoms with Crippen molar-refractivity contribution >= 4 is 56.2 Å². The third-order valence-electron chi connectivity index (χ3n) is 6.23. The van der Waals surface area contributed by atoms with Crippen LogP contribution in [0.5, 0.6) is 0 Å². The summed E-state index contributed by atoms with van der Waals surface area (Å²) in [5.74, 6) is 0. The Morgan fingerprint density at radius 1 is 0.971 bits per heavy atom. The lowest BCUT2D eigenvalue weighted by Gasteiger charge is -2.25. The monoisotopic (exact) mass is 548 g/mol. The molecule has 3 aromatic rings. The van der Waals surface area contributed by atoms with Gasteiger partial charge in [-0.1, -0.05) is 53.0 Å². The van der Waals surface area contributed by atoms with Crippen molar-refractivity contribution in [2.75, 3.05) is 18.1 Å². The molecule has 10 heteroatoms. The molecule has 0 aliphatic carbocycles. The number of sulfonamides is 1. The Morgan fingerprint density at radius 3 is 2.51 bits per heavy atom. The van der Waals surface area contributed by atoms with Gasteiger partial charge in [-0.2, -0.15) is 5.10 Å². The highest BCUT2D eigenvalue weighted by molar-refractivity contribution is 7.89. The Kier molecular flexibility index (Phi) is 7.08. The summed E-state index contributed by atoms with van der Waals surface area (Å²) in [5, 5.41) is 11.5. The van der Waals surface area contributed by atoms with Crippen molar-refractivity contribution in [2.45, 2.75) is 30.3 Å². The van der Waals surface area contributed by atoms with E-state index in [2.05, 4.69) is 10.0 Å². The molecule has 0 saturated carbocycles. The van der Waals surface area contributed by atoms with Gasteiger partial charge < -0.3 is 5.32 Å². The fourth-order valence-corrected chi connectivity index (χ4v) is 6.09. The maximum atomic E-state index is 13.1. The molecule has 6 nitrogen and oxygen atoms in total. The van der Waals surface area contributed by atoms with Gasteiger partial charge in [-0.15, -0.1) is 0 Å². The highest BCUT2D eigenvalue weighted by Gasteiger charge is 2.31. The number of hydrogen-bond acceptors (Lipinski definition) is 5. The van der Waals surface area contributed by atoms with Crippen LogP contribution in [0.2, 0.25) is 15.1 Å². The molecule has 0 aromatic heterocycles. The zero-order chi connectivity index (χ0) is 24.6. The van der Waals surface area contributed by atoms with Crippen LogP contribution >= 0.6 is 34.8 Å². The van der Waals surface area contributed by atoms with Crippen molar-refractivity contribution < 1.29 is 8.42 Å². The topological polar surface area (TPSA) is 73.8 Å². The minimum Gasteiger partial charge on any atom is -0.312 e. The number of anilines is 1. The molecule has 0 saturated heterocycles. The average molecular weight is 550 g/mol. The Balaban J connectivity index is 1.39. The van der Waals surface area contributed by atoms with Crippen molar-refractivity contribution in [2.24, 2.45) is 5.10 Å². The summed E-state index contributed by atoms with van der Waals surface area (Å²) in [7, 11) is -3.70. The maximum absolute atomic E-state index is 13.1. The molecule has 1 unspecified atom stereocenters. The second-order valence-corrected chi connectivity index (χ2v) is 11.6. The molecular weight excluding hydrogens is 527 g/mol. The Hall–Kier alpha value is -2.13. The van der Waals surface area contributed by atoms with Gasteiger partial charge in [0.05, 0.1) is 33.9 Å². The van der Waals surface area contributed by atoms with Crippen molar-refractivity contribution in [1.29, 1.82) is 0 Å². The predicted octanol–water partition coefficient (Wildman–Crippen LogP) is 5.58. The molecule has 2 heterocycles. The minimum absolute atomic E-state index is 0.0868. The van der Waals surface area contributed by atoms with Crippen molar-refractivity contribution in [1.82, 2.24) is 10.0 Å². The molecule has 0 bridgehead atoms. The molecule has 0 spiro atoms. The summed E-state index contributed by atoms with van der Waals surface area (Å²) in [6.45, 7) is 1.66. The van der Waals surface area contributed by atoms with Crippen LogP contribution in [0.1, 0.15) is 29.2 Å². The van der Waals surface area contributed by atoms with E-state index >= 15 is 0 Å². The number of rotatable bonds is 6. The predicted molar refractivity (Wildman–Crippen MR) is 142 cm³/mol. The molecule has 2 aliphatic rings. The number of hydrazone groups is 1. The Morgan fingerprint density at radius 2 is 1.74 bits per heavy atom. The van der Waals surface area contributed by atoms with E-state index in [4.69, 9.17) is 39.9 Å². The number of hydrogen-bond donors (Lipinski definition) is 2. The first-order valence-electron chi connectivity index (χ1n) is 11.2. The van der Waals surface area contributed by atoms with E-state index in [-0.39, 0.29) is 17.5 Å². The summed E-state index contributed by atoms with van der Waals surface area (Å²) >= 11 is 18.7. The third kappa shape index (κ3) is 5.35. The van der Waals surface area contributed by atoms with E-state index in [1.807, 2.05) is 41.4 Å². The molecule has 1 atom stereocenters. The van der Waals surface area contributed by atoms with Gasteiger partial charge in [0, 0.05) is 23.0 Å². The normalized spacial score (nSPS) is 17.9. The van der Waals surface area contributed by atoms with Crippen molar-refractivity contribution in [3.63, 3.8) is 0 Å². The van der Waals surface area contributed by atoms with Crippen LogP contribution in [-0.4, -0.2) is 27.2 Å². The van der Waals surface area contributed by atoms with Gasteiger partial charge in [-0.05, 0) is 72.1 Å². The van der Waals surface area contributed by atoms with Gasteiger partial charge in [0.25, 0.3) is 0 Å². The van der Waals surface area contributed by atoms with Gasteiger partial charge in [0.15, 0.2) is 0 Å². The van der Waals surface area contributed by atoms with Gasteiger partial charge in [0.1, 0.15) is 0 Å². The van der Waals surface area contributed by atoms with Crippen LogP contribution in [0.4, 0.5) is 5.69 Å². The summed E-state index contributed by atoms with van der Waals surface area (Å²) in [4.78, 5) is 0.255. The maximum Gasteiger partial charge on any atom is 0.240 e. The molecule has 3 aromatic carbocycles. The second-order valence-electron chi connectivity index (χ2n) is 8.56. The molecule has 182 valence electrons. The summed E-state index contributed by atoms with van der Waals surface area (Å²) < 4.78 is 28.8. The molecule has 2 aliphatic heterocycles. The van der Waals surface area contributed by atoms with Crippen LogP contribution in [0.15, 0.2) is 70.7 Å². The summed E-state index contributed by atoms with van der Waals surface area (Å²) in [6, 6.07) is 17.9. The lowest BCUT2D eigenvalue weighted by Crippen LogP contribution is -2.30. The van der Waals surface area contributed by atoms with Crippen LogP contribution in [0, 0.1) is 0 Å². The number of fused-ring (bicyclic) bond motifs is 1. The van der Waals surface area contributed by atoms with Crippen LogP contribution < -0.4 is 15.0 Å². The van der Waals surface area contributed by atoms with Crippen LogP contribution in [0.25, 0.3) is 0 Å².